The average molecular weight is 233 g/mol. The highest BCUT2D eigenvalue weighted by Gasteiger charge is 2.16. The Balaban J connectivity index is 3.00. The van der Waals surface area contributed by atoms with Crippen LogP contribution >= 0.6 is 0 Å². The van der Waals surface area contributed by atoms with Crippen LogP contribution in [0.15, 0.2) is 42.0 Å². The second kappa shape index (κ2) is 5.84. The molecule has 0 unspecified atom stereocenters. The SMILES string of the molecule is CC(C)=CC(=O)N(CC(=O)O)c1ccccc1. The Morgan fingerprint density at radius 3 is 2.29 bits per heavy atom. The number of rotatable bonds is 4. The van der Waals surface area contributed by atoms with E-state index in [9.17, 15) is 9.59 Å². The summed E-state index contributed by atoms with van der Waals surface area (Å²) in [7, 11) is 0. The van der Waals surface area contributed by atoms with E-state index in [0.717, 1.165) is 5.57 Å². The van der Waals surface area contributed by atoms with Crippen LogP contribution in [0.1, 0.15) is 13.8 Å². The third kappa shape index (κ3) is 4.10. The van der Waals surface area contributed by atoms with E-state index in [1.54, 1.807) is 38.1 Å². The Kier molecular flexibility index (Phi) is 4.46. The minimum Gasteiger partial charge on any atom is -0.480 e. The van der Waals surface area contributed by atoms with Crippen LogP contribution < -0.4 is 4.90 Å². The summed E-state index contributed by atoms with van der Waals surface area (Å²) in [5, 5.41) is 8.81. The lowest BCUT2D eigenvalue weighted by Crippen LogP contribution is -2.34. The zero-order valence-electron chi connectivity index (χ0n) is 9.88. The van der Waals surface area contributed by atoms with Crippen LogP contribution in [0.4, 0.5) is 5.69 Å². The third-order valence-corrected chi connectivity index (χ3v) is 2.04. The lowest BCUT2D eigenvalue weighted by molar-refractivity contribution is -0.136. The Hall–Kier alpha value is -2.10. The molecule has 90 valence electrons. The summed E-state index contributed by atoms with van der Waals surface area (Å²) in [4.78, 5) is 23.9. The van der Waals surface area contributed by atoms with Gasteiger partial charge in [-0.2, -0.15) is 0 Å². The minimum absolute atomic E-state index is 0.321. The van der Waals surface area contributed by atoms with Crippen LogP contribution in [0.3, 0.4) is 0 Å². The van der Waals surface area contributed by atoms with Gasteiger partial charge in [-0.05, 0) is 26.0 Å². The number of para-hydroxylation sites is 1. The molecule has 0 saturated heterocycles. The van der Waals surface area contributed by atoms with Gasteiger partial charge in [0.1, 0.15) is 6.54 Å². The van der Waals surface area contributed by atoms with Crippen molar-refractivity contribution in [3.8, 4) is 0 Å². The van der Waals surface area contributed by atoms with Gasteiger partial charge < -0.3 is 5.11 Å². The van der Waals surface area contributed by atoms with Gasteiger partial charge >= 0.3 is 5.97 Å². The molecule has 1 aromatic carbocycles. The molecule has 0 aliphatic heterocycles. The molecule has 1 rings (SSSR count). The van der Waals surface area contributed by atoms with Crippen molar-refractivity contribution in [1.29, 1.82) is 0 Å². The smallest absolute Gasteiger partial charge is 0.323 e. The van der Waals surface area contributed by atoms with E-state index in [-0.39, 0.29) is 12.5 Å². The van der Waals surface area contributed by atoms with Gasteiger partial charge in [-0.25, -0.2) is 0 Å². The van der Waals surface area contributed by atoms with E-state index in [4.69, 9.17) is 5.11 Å². The molecule has 0 aliphatic rings. The van der Waals surface area contributed by atoms with E-state index < -0.39 is 5.97 Å². The fourth-order valence-corrected chi connectivity index (χ4v) is 1.36. The fraction of sp³-hybridized carbons (Fsp3) is 0.231. The summed E-state index contributed by atoms with van der Waals surface area (Å²) >= 11 is 0. The first-order valence-corrected chi connectivity index (χ1v) is 5.24. The van der Waals surface area contributed by atoms with Crippen LogP contribution in [-0.4, -0.2) is 23.5 Å². The molecule has 0 aromatic heterocycles. The summed E-state index contributed by atoms with van der Waals surface area (Å²) < 4.78 is 0. The van der Waals surface area contributed by atoms with Crippen LogP contribution in [0.25, 0.3) is 0 Å². The number of carbonyl (C=O) groups is 2. The molecule has 0 radical (unpaired) electrons. The number of hydrogen-bond acceptors (Lipinski definition) is 2. The average Bonchev–Trinajstić information content (AvgIpc) is 2.25. The minimum atomic E-state index is -1.04. The van der Waals surface area contributed by atoms with E-state index >= 15 is 0 Å². The summed E-state index contributed by atoms with van der Waals surface area (Å²) in [5.74, 6) is -1.36. The first kappa shape index (κ1) is 13.0. The number of anilines is 1. The van der Waals surface area contributed by atoms with Gasteiger partial charge in [0.2, 0.25) is 0 Å². The number of allylic oxidation sites excluding steroid dienone is 1. The molecule has 17 heavy (non-hydrogen) atoms. The molecular weight excluding hydrogens is 218 g/mol. The van der Waals surface area contributed by atoms with Crippen LogP contribution in [0.2, 0.25) is 0 Å². The fourth-order valence-electron chi connectivity index (χ4n) is 1.36. The molecule has 0 spiro atoms. The number of nitrogens with zero attached hydrogens (tertiary/aromatic N) is 1. The van der Waals surface area contributed by atoms with Crippen molar-refractivity contribution in [2.75, 3.05) is 11.4 Å². The molecule has 0 saturated carbocycles. The molecule has 0 atom stereocenters. The zero-order chi connectivity index (χ0) is 12.8. The lowest BCUT2D eigenvalue weighted by atomic mass is 10.2. The molecule has 0 heterocycles. The molecule has 0 bridgehead atoms. The number of benzene rings is 1. The lowest BCUT2D eigenvalue weighted by Gasteiger charge is -2.19. The van der Waals surface area contributed by atoms with Crippen molar-refractivity contribution in [1.82, 2.24) is 0 Å². The standard InChI is InChI=1S/C13H15NO3/c1-10(2)8-12(15)14(9-13(16)17)11-6-4-3-5-7-11/h3-8H,9H2,1-2H3,(H,16,17). The maximum Gasteiger partial charge on any atom is 0.323 e. The maximum atomic E-state index is 11.9. The van der Waals surface area contributed by atoms with Crippen molar-refractivity contribution in [3.63, 3.8) is 0 Å². The van der Waals surface area contributed by atoms with Gasteiger partial charge in [0.05, 0.1) is 0 Å². The summed E-state index contributed by atoms with van der Waals surface area (Å²) in [5.41, 5.74) is 1.42. The second-order valence-corrected chi connectivity index (χ2v) is 3.88. The Morgan fingerprint density at radius 2 is 1.82 bits per heavy atom. The maximum absolute atomic E-state index is 11.9. The van der Waals surface area contributed by atoms with Crippen LogP contribution in [0.5, 0.6) is 0 Å². The van der Waals surface area contributed by atoms with E-state index in [0.29, 0.717) is 5.69 Å². The first-order valence-electron chi connectivity index (χ1n) is 5.24. The highest BCUT2D eigenvalue weighted by atomic mass is 16.4. The molecule has 0 aliphatic carbocycles. The van der Waals surface area contributed by atoms with Crippen molar-refractivity contribution in [3.05, 3.63) is 42.0 Å². The molecule has 0 fully saturated rings. The van der Waals surface area contributed by atoms with Gasteiger partial charge in [0.15, 0.2) is 0 Å². The van der Waals surface area contributed by atoms with E-state index in [1.165, 1.54) is 11.0 Å². The molecule has 1 amide bonds. The number of carboxylic acid groups (broad SMARTS) is 1. The van der Waals surface area contributed by atoms with Gasteiger partial charge in [-0.1, -0.05) is 23.8 Å². The predicted octanol–water partition coefficient (Wildman–Crippen LogP) is 2.07. The molecular formula is C13H15NO3. The normalized spacial score (nSPS) is 9.53. The zero-order valence-corrected chi connectivity index (χ0v) is 9.88. The monoisotopic (exact) mass is 233 g/mol. The van der Waals surface area contributed by atoms with E-state index in [2.05, 4.69) is 0 Å². The van der Waals surface area contributed by atoms with Crippen molar-refractivity contribution in [2.45, 2.75) is 13.8 Å². The Morgan fingerprint density at radius 1 is 1.24 bits per heavy atom. The predicted molar refractivity (Wildman–Crippen MR) is 65.9 cm³/mol. The van der Waals surface area contributed by atoms with E-state index in [1.807, 2.05) is 6.07 Å². The van der Waals surface area contributed by atoms with Crippen LogP contribution in [0, 0.1) is 0 Å². The Bertz CT molecular complexity index is 433. The van der Waals surface area contributed by atoms with Crippen molar-refractivity contribution in [2.24, 2.45) is 0 Å². The quantitative estimate of drug-likeness (QED) is 0.810. The van der Waals surface area contributed by atoms with Gasteiger partial charge in [-0.15, -0.1) is 0 Å². The topological polar surface area (TPSA) is 57.6 Å². The number of amides is 1. The highest BCUT2D eigenvalue weighted by molar-refractivity contribution is 6.04. The number of carbonyl (C=O) groups excluding carboxylic acids is 1. The van der Waals surface area contributed by atoms with Crippen LogP contribution in [-0.2, 0) is 9.59 Å². The van der Waals surface area contributed by atoms with Gasteiger partial charge in [0.25, 0.3) is 5.91 Å². The number of hydrogen-bond donors (Lipinski definition) is 1. The number of aliphatic carboxylic acids is 1. The second-order valence-electron chi connectivity index (χ2n) is 3.88. The summed E-state index contributed by atoms with van der Waals surface area (Å²) in [6.07, 6.45) is 1.43. The Labute approximate surface area is 100 Å². The molecule has 4 heteroatoms. The molecule has 1 aromatic rings. The van der Waals surface area contributed by atoms with Gasteiger partial charge in [-0.3, -0.25) is 14.5 Å². The highest BCUT2D eigenvalue weighted by Crippen LogP contribution is 2.14. The first-order chi connectivity index (χ1) is 8.00. The van der Waals surface area contributed by atoms with Crippen molar-refractivity contribution >= 4 is 17.6 Å². The molecule has 4 nitrogen and oxygen atoms in total. The third-order valence-electron chi connectivity index (χ3n) is 2.04. The number of carboxylic acids is 1. The summed E-state index contributed by atoms with van der Waals surface area (Å²) in [6.45, 7) is 3.25. The van der Waals surface area contributed by atoms with Gasteiger partial charge in [0, 0.05) is 11.8 Å². The van der Waals surface area contributed by atoms with Crippen molar-refractivity contribution < 1.29 is 14.7 Å². The molecule has 1 N–H and O–H groups in total. The summed E-state index contributed by atoms with van der Waals surface area (Å²) in [6, 6.07) is 8.76. The largest absolute Gasteiger partial charge is 0.480 e.